The average Bonchev–Trinajstić information content (AvgIpc) is 3.13. The summed E-state index contributed by atoms with van der Waals surface area (Å²) in [5, 5.41) is 3.37. The van der Waals surface area contributed by atoms with Crippen LogP contribution >= 0.6 is 11.6 Å². The zero-order chi connectivity index (χ0) is 18.1. The van der Waals surface area contributed by atoms with Gasteiger partial charge < -0.3 is 5.32 Å². The summed E-state index contributed by atoms with van der Waals surface area (Å²) in [6, 6.07) is 12.9. The lowest BCUT2D eigenvalue weighted by Gasteiger charge is -2.24. The first kappa shape index (κ1) is 17.3. The molecule has 0 saturated carbocycles. The highest BCUT2D eigenvalue weighted by Gasteiger charge is 2.31. The number of halogens is 1. The molecule has 1 N–H and O–H groups in total. The molecule has 1 aliphatic carbocycles. The first-order valence-electron chi connectivity index (χ1n) is 9.06. The summed E-state index contributed by atoms with van der Waals surface area (Å²) >= 11 is 6.03. The number of carbonyl (C=O) groups excluding carboxylic acids is 2. The molecular weight excluding hydrogens is 348 g/mol. The molecular formula is C21H21ClN2O2. The molecule has 0 bridgehead atoms. The standard InChI is InChI=1S/C21H21ClN2O2/c22-13-14-5-4-11-24(14)12-10-23-18-9-3-8-17-19(18)21(26)16-7-2-1-6-15(16)20(17)25/h1-3,6-9,14,23H,4-5,10-13H2. The van der Waals surface area contributed by atoms with Gasteiger partial charge in [0.15, 0.2) is 11.6 Å². The van der Waals surface area contributed by atoms with Crippen molar-refractivity contribution >= 4 is 28.9 Å². The zero-order valence-electron chi connectivity index (χ0n) is 14.5. The Morgan fingerprint density at radius 3 is 2.50 bits per heavy atom. The lowest BCUT2D eigenvalue weighted by molar-refractivity contribution is 0.0979. The second kappa shape index (κ2) is 7.22. The maximum absolute atomic E-state index is 13.0. The summed E-state index contributed by atoms with van der Waals surface area (Å²) in [5.41, 5.74) is 2.69. The van der Waals surface area contributed by atoms with E-state index < -0.39 is 0 Å². The monoisotopic (exact) mass is 368 g/mol. The Balaban J connectivity index is 1.56. The zero-order valence-corrected chi connectivity index (χ0v) is 15.3. The molecule has 1 unspecified atom stereocenters. The van der Waals surface area contributed by atoms with Crippen LogP contribution in [0, 0.1) is 0 Å². The van der Waals surface area contributed by atoms with Gasteiger partial charge in [0, 0.05) is 47.4 Å². The van der Waals surface area contributed by atoms with Gasteiger partial charge in [0.1, 0.15) is 0 Å². The van der Waals surface area contributed by atoms with Crippen LogP contribution in [0.3, 0.4) is 0 Å². The Labute approximate surface area is 158 Å². The molecule has 4 nitrogen and oxygen atoms in total. The van der Waals surface area contributed by atoms with E-state index in [9.17, 15) is 9.59 Å². The summed E-state index contributed by atoms with van der Waals surface area (Å²) in [6.07, 6.45) is 2.33. The summed E-state index contributed by atoms with van der Waals surface area (Å²) in [6.45, 7) is 2.66. The summed E-state index contributed by atoms with van der Waals surface area (Å²) in [7, 11) is 0. The first-order valence-corrected chi connectivity index (χ1v) is 9.59. The van der Waals surface area contributed by atoms with Crippen LogP contribution in [0.5, 0.6) is 0 Å². The second-order valence-electron chi connectivity index (χ2n) is 6.85. The Morgan fingerprint density at radius 1 is 1.00 bits per heavy atom. The molecule has 4 rings (SSSR count). The van der Waals surface area contributed by atoms with Crippen molar-refractivity contribution in [3.05, 3.63) is 64.7 Å². The van der Waals surface area contributed by atoms with Crippen LogP contribution in [0.2, 0.25) is 0 Å². The molecule has 0 amide bonds. The van der Waals surface area contributed by atoms with Crippen molar-refractivity contribution in [2.24, 2.45) is 0 Å². The Bertz CT molecular complexity index is 865. The lowest BCUT2D eigenvalue weighted by Crippen LogP contribution is -2.35. The minimum absolute atomic E-state index is 0.0828. The van der Waals surface area contributed by atoms with Crippen molar-refractivity contribution in [3.63, 3.8) is 0 Å². The molecule has 2 aliphatic rings. The number of fused-ring (bicyclic) bond motifs is 2. The number of carbonyl (C=O) groups is 2. The molecule has 0 spiro atoms. The molecule has 2 aromatic carbocycles. The average molecular weight is 369 g/mol. The molecule has 1 saturated heterocycles. The number of rotatable bonds is 5. The van der Waals surface area contributed by atoms with Crippen LogP contribution in [0.1, 0.15) is 44.7 Å². The number of alkyl halides is 1. The van der Waals surface area contributed by atoms with Crippen LogP contribution in [0.15, 0.2) is 42.5 Å². The summed E-state index contributed by atoms with van der Waals surface area (Å²) < 4.78 is 0. The topological polar surface area (TPSA) is 49.4 Å². The fourth-order valence-electron chi connectivity index (χ4n) is 3.99. The molecule has 1 heterocycles. The molecule has 134 valence electrons. The highest BCUT2D eigenvalue weighted by molar-refractivity contribution is 6.30. The molecule has 0 radical (unpaired) electrons. The quantitative estimate of drug-likeness (QED) is 0.699. The number of hydrogen-bond acceptors (Lipinski definition) is 4. The maximum atomic E-state index is 13.0. The fourth-order valence-corrected chi connectivity index (χ4v) is 4.34. The van der Waals surface area contributed by atoms with Gasteiger partial charge in [-0.05, 0) is 25.5 Å². The van der Waals surface area contributed by atoms with E-state index in [1.54, 1.807) is 30.3 Å². The summed E-state index contributed by atoms with van der Waals surface area (Å²) in [4.78, 5) is 28.1. The van der Waals surface area contributed by atoms with Crippen molar-refractivity contribution < 1.29 is 9.59 Å². The van der Waals surface area contributed by atoms with Crippen molar-refractivity contribution in [2.45, 2.75) is 18.9 Å². The van der Waals surface area contributed by atoms with Gasteiger partial charge in [-0.1, -0.05) is 36.4 Å². The highest BCUT2D eigenvalue weighted by Crippen LogP contribution is 2.31. The van der Waals surface area contributed by atoms with Crippen molar-refractivity contribution in [3.8, 4) is 0 Å². The molecule has 1 aliphatic heterocycles. The van der Waals surface area contributed by atoms with E-state index in [0.717, 1.165) is 25.2 Å². The minimum Gasteiger partial charge on any atom is -0.383 e. The summed E-state index contributed by atoms with van der Waals surface area (Å²) in [5.74, 6) is 0.489. The number of nitrogens with zero attached hydrogens (tertiary/aromatic N) is 1. The van der Waals surface area contributed by atoms with Gasteiger partial charge in [-0.2, -0.15) is 0 Å². The van der Waals surface area contributed by atoms with Gasteiger partial charge in [-0.3, -0.25) is 14.5 Å². The van der Waals surface area contributed by atoms with Crippen LogP contribution in [-0.4, -0.2) is 48.0 Å². The minimum atomic E-state index is -0.0851. The Kier molecular flexibility index (Phi) is 4.79. The predicted molar refractivity (Wildman–Crippen MR) is 104 cm³/mol. The number of benzene rings is 2. The third kappa shape index (κ3) is 2.93. The van der Waals surface area contributed by atoms with Gasteiger partial charge in [0.05, 0.1) is 5.56 Å². The van der Waals surface area contributed by atoms with Gasteiger partial charge in [-0.15, -0.1) is 11.6 Å². The van der Waals surface area contributed by atoms with Gasteiger partial charge in [0.2, 0.25) is 0 Å². The third-order valence-corrected chi connectivity index (χ3v) is 5.70. The van der Waals surface area contributed by atoms with Gasteiger partial charge in [0.25, 0.3) is 0 Å². The van der Waals surface area contributed by atoms with Crippen LogP contribution in [-0.2, 0) is 0 Å². The van der Waals surface area contributed by atoms with Crippen molar-refractivity contribution in [2.75, 3.05) is 30.8 Å². The van der Waals surface area contributed by atoms with E-state index in [0.29, 0.717) is 40.7 Å². The molecule has 1 fully saturated rings. The van der Waals surface area contributed by atoms with Gasteiger partial charge in [-0.25, -0.2) is 0 Å². The number of anilines is 1. The van der Waals surface area contributed by atoms with E-state index in [1.165, 1.54) is 6.42 Å². The third-order valence-electron chi connectivity index (χ3n) is 5.34. The Hall–Kier alpha value is -2.17. The van der Waals surface area contributed by atoms with Gasteiger partial charge >= 0.3 is 0 Å². The number of nitrogens with one attached hydrogen (secondary N) is 1. The Morgan fingerprint density at radius 2 is 1.73 bits per heavy atom. The normalized spacial score (nSPS) is 19.3. The smallest absolute Gasteiger partial charge is 0.196 e. The molecule has 2 aromatic rings. The number of hydrogen-bond donors (Lipinski definition) is 1. The maximum Gasteiger partial charge on any atom is 0.196 e. The fraction of sp³-hybridized carbons (Fsp3) is 0.333. The van der Waals surface area contributed by atoms with Crippen molar-refractivity contribution in [1.82, 2.24) is 4.90 Å². The van der Waals surface area contributed by atoms with E-state index >= 15 is 0 Å². The van der Waals surface area contributed by atoms with Crippen LogP contribution < -0.4 is 5.32 Å². The van der Waals surface area contributed by atoms with Crippen LogP contribution in [0.4, 0.5) is 5.69 Å². The first-order chi connectivity index (χ1) is 12.7. The second-order valence-corrected chi connectivity index (χ2v) is 7.15. The SMILES string of the molecule is O=C1c2ccccc2C(=O)c2c(NCCN3CCCC3CCl)cccc21. The largest absolute Gasteiger partial charge is 0.383 e. The lowest BCUT2D eigenvalue weighted by atomic mass is 9.83. The number of ketones is 2. The molecule has 26 heavy (non-hydrogen) atoms. The predicted octanol–water partition coefficient (Wildman–Crippen LogP) is 3.58. The van der Waals surface area contributed by atoms with E-state index in [2.05, 4.69) is 10.2 Å². The van der Waals surface area contributed by atoms with Crippen LogP contribution in [0.25, 0.3) is 0 Å². The molecule has 1 atom stereocenters. The van der Waals surface area contributed by atoms with E-state index in [4.69, 9.17) is 11.6 Å². The van der Waals surface area contributed by atoms with Crippen molar-refractivity contribution in [1.29, 1.82) is 0 Å². The molecule has 0 aromatic heterocycles. The number of likely N-dealkylation sites (tertiary alicyclic amines) is 1. The van der Waals surface area contributed by atoms with E-state index in [-0.39, 0.29) is 11.6 Å². The highest BCUT2D eigenvalue weighted by atomic mass is 35.5. The van der Waals surface area contributed by atoms with E-state index in [1.807, 2.05) is 12.1 Å². The molecule has 5 heteroatoms.